The van der Waals surface area contributed by atoms with E-state index in [4.69, 9.17) is 9.47 Å². The van der Waals surface area contributed by atoms with Crippen LogP contribution in [0.4, 0.5) is 5.82 Å². The van der Waals surface area contributed by atoms with Crippen molar-refractivity contribution >= 4 is 28.1 Å². The van der Waals surface area contributed by atoms with Gasteiger partial charge in [0.05, 0.1) is 25.8 Å². The van der Waals surface area contributed by atoms with Crippen molar-refractivity contribution in [3.05, 3.63) is 59.0 Å². The number of ether oxygens (including phenoxy) is 2. The minimum atomic E-state index is 0.0760. The number of methoxy groups -OCH3 is 2. The van der Waals surface area contributed by atoms with Gasteiger partial charge in [-0.05, 0) is 50.6 Å². The van der Waals surface area contributed by atoms with Crippen molar-refractivity contribution < 1.29 is 9.47 Å². The highest BCUT2D eigenvalue weighted by molar-refractivity contribution is 7.15. The van der Waals surface area contributed by atoms with Crippen molar-refractivity contribution in [3.63, 3.8) is 0 Å². The Labute approximate surface area is 179 Å². The van der Waals surface area contributed by atoms with E-state index in [1.807, 2.05) is 31.5 Å². The smallest absolute Gasteiger partial charge is 0.162 e. The summed E-state index contributed by atoms with van der Waals surface area (Å²) in [6, 6.07) is 10.3. The third kappa shape index (κ3) is 3.93. The van der Waals surface area contributed by atoms with E-state index < -0.39 is 0 Å². The van der Waals surface area contributed by atoms with Gasteiger partial charge in [0, 0.05) is 39.2 Å². The number of hydrogen-bond acceptors (Lipinski definition) is 7. The molecular weight excluding hydrogens is 396 g/mol. The summed E-state index contributed by atoms with van der Waals surface area (Å²) in [7, 11) is 3.25. The quantitative estimate of drug-likeness (QED) is 0.440. The zero-order valence-electron chi connectivity index (χ0n) is 17.7. The van der Waals surface area contributed by atoms with Gasteiger partial charge in [0.2, 0.25) is 0 Å². The van der Waals surface area contributed by atoms with Gasteiger partial charge in [0.25, 0.3) is 0 Å². The van der Waals surface area contributed by atoms with Crippen LogP contribution in [0.1, 0.15) is 29.2 Å². The normalized spacial score (nSPS) is 12.0. The summed E-state index contributed by atoms with van der Waals surface area (Å²) >= 11 is 1.75. The number of fused-ring (bicyclic) bond motifs is 1. The molecule has 0 aliphatic carbocycles. The molecule has 1 aromatic carbocycles. The fourth-order valence-corrected chi connectivity index (χ4v) is 4.38. The third-order valence-electron chi connectivity index (χ3n) is 4.88. The number of nitrogens with one attached hydrogen (secondary N) is 1. The Morgan fingerprint density at radius 2 is 1.73 bits per heavy atom. The molecule has 1 atom stereocenters. The molecule has 6 nitrogen and oxygen atoms in total. The Morgan fingerprint density at radius 3 is 2.47 bits per heavy atom. The second-order valence-corrected chi connectivity index (χ2v) is 8.28. The molecule has 154 valence electrons. The highest BCUT2D eigenvalue weighted by Crippen LogP contribution is 2.36. The molecule has 0 saturated heterocycles. The molecular formula is C23H24N4O2S. The molecule has 0 aliphatic rings. The van der Waals surface area contributed by atoms with Crippen LogP contribution < -0.4 is 14.8 Å². The first-order valence-corrected chi connectivity index (χ1v) is 10.5. The first-order valence-electron chi connectivity index (χ1n) is 9.67. The fourth-order valence-electron chi connectivity index (χ4n) is 3.39. The summed E-state index contributed by atoms with van der Waals surface area (Å²) in [5.41, 5.74) is 3.10. The van der Waals surface area contributed by atoms with Crippen molar-refractivity contribution in [2.24, 2.45) is 0 Å². The average molecular weight is 421 g/mol. The molecule has 1 unspecified atom stereocenters. The number of benzene rings is 1. The van der Waals surface area contributed by atoms with Gasteiger partial charge < -0.3 is 14.8 Å². The third-order valence-corrected chi connectivity index (χ3v) is 6.20. The Balaban J connectivity index is 1.67. The highest BCUT2D eigenvalue weighted by Gasteiger charge is 2.16. The number of aryl methyl sites for hydroxylation is 2. The van der Waals surface area contributed by atoms with Crippen LogP contribution in [-0.2, 0) is 0 Å². The van der Waals surface area contributed by atoms with E-state index in [0.29, 0.717) is 17.3 Å². The predicted molar refractivity (Wildman–Crippen MR) is 122 cm³/mol. The van der Waals surface area contributed by atoms with Gasteiger partial charge >= 0.3 is 0 Å². The molecule has 3 aromatic heterocycles. The molecule has 0 saturated carbocycles. The molecule has 0 radical (unpaired) electrons. The number of aromatic nitrogens is 3. The van der Waals surface area contributed by atoms with Crippen LogP contribution in [0, 0.1) is 13.8 Å². The summed E-state index contributed by atoms with van der Waals surface area (Å²) in [4.78, 5) is 15.9. The maximum atomic E-state index is 5.47. The Morgan fingerprint density at radius 1 is 0.967 bits per heavy atom. The predicted octanol–water partition coefficient (Wildman–Crippen LogP) is 5.56. The lowest BCUT2D eigenvalue weighted by Crippen LogP contribution is -2.08. The molecule has 3 heterocycles. The number of rotatable bonds is 6. The van der Waals surface area contributed by atoms with E-state index in [2.05, 4.69) is 52.3 Å². The van der Waals surface area contributed by atoms with Crippen molar-refractivity contribution in [3.8, 4) is 21.9 Å². The first kappa shape index (κ1) is 20.1. The summed E-state index contributed by atoms with van der Waals surface area (Å²) in [5.74, 6) is 2.77. The molecule has 4 rings (SSSR count). The van der Waals surface area contributed by atoms with Crippen LogP contribution in [0.25, 0.3) is 21.3 Å². The zero-order chi connectivity index (χ0) is 21.3. The van der Waals surface area contributed by atoms with Gasteiger partial charge in [-0.25, -0.2) is 9.97 Å². The molecule has 4 aromatic rings. The molecule has 7 heteroatoms. The number of thiophene rings is 1. The minimum absolute atomic E-state index is 0.0760. The van der Waals surface area contributed by atoms with E-state index in [1.54, 1.807) is 25.6 Å². The molecule has 0 amide bonds. The SMILES string of the molecule is COc1cc2nc(C)nc(NC(C)c3ccc(-c4cncc(C)c4)s3)c2cc1OC. The van der Waals surface area contributed by atoms with E-state index in [-0.39, 0.29) is 6.04 Å². The summed E-state index contributed by atoms with van der Waals surface area (Å²) in [5, 5.41) is 4.45. The monoisotopic (exact) mass is 420 g/mol. The summed E-state index contributed by atoms with van der Waals surface area (Å²) in [6.45, 7) is 6.08. The highest BCUT2D eigenvalue weighted by atomic mass is 32.1. The van der Waals surface area contributed by atoms with E-state index in [1.165, 1.54) is 9.75 Å². The van der Waals surface area contributed by atoms with Gasteiger partial charge in [-0.3, -0.25) is 4.98 Å². The molecule has 0 bridgehead atoms. The van der Waals surface area contributed by atoms with Gasteiger partial charge in [-0.2, -0.15) is 0 Å². The first-order chi connectivity index (χ1) is 14.5. The van der Waals surface area contributed by atoms with Gasteiger partial charge in [0.1, 0.15) is 11.6 Å². The van der Waals surface area contributed by atoms with Gasteiger partial charge in [0.15, 0.2) is 11.5 Å². The lowest BCUT2D eigenvalue weighted by molar-refractivity contribution is 0.356. The number of anilines is 1. The Bertz CT molecular complexity index is 1210. The maximum Gasteiger partial charge on any atom is 0.162 e. The van der Waals surface area contributed by atoms with E-state index in [0.717, 1.165) is 27.8 Å². The minimum Gasteiger partial charge on any atom is -0.493 e. The van der Waals surface area contributed by atoms with Crippen molar-refractivity contribution in [2.75, 3.05) is 19.5 Å². The second-order valence-electron chi connectivity index (χ2n) is 7.16. The molecule has 30 heavy (non-hydrogen) atoms. The van der Waals surface area contributed by atoms with Crippen LogP contribution in [-0.4, -0.2) is 29.2 Å². The van der Waals surface area contributed by atoms with Crippen LogP contribution >= 0.6 is 11.3 Å². The van der Waals surface area contributed by atoms with Crippen LogP contribution in [0.15, 0.2) is 42.7 Å². The summed E-state index contributed by atoms with van der Waals surface area (Å²) < 4.78 is 10.9. The Kier molecular flexibility index (Phi) is 5.55. The van der Waals surface area contributed by atoms with Crippen LogP contribution in [0.5, 0.6) is 11.5 Å². The lowest BCUT2D eigenvalue weighted by atomic mass is 10.1. The maximum absolute atomic E-state index is 5.47. The van der Waals surface area contributed by atoms with Crippen molar-refractivity contribution in [1.82, 2.24) is 15.0 Å². The van der Waals surface area contributed by atoms with Crippen molar-refractivity contribution in [1.29, 1.82) is 0 Å². The van der Waals surface area contributed by atoms with Crippen LogP contribution in [0.3, 0.4) is 0 Å². The lowest BCUT2D eigenvalue weighted by Gasteiger charge is -2.16. The fraction of sp³-hybridized carbons (Fsp3) is 0.261. The van der Waals surface area contributed by atoms with E-state index >= 15 is 0 Å². The van der Waals surface area contributed by atoms with Crippen LogP contribution in [0.2, 0.25) is 0 Å². The topological polar surface area (TPSA) is 69.2 Å². The number of hydrogen-bond donors (Lipinski definition) is 1. The standard InChI is InChI=1S/C23H24N4O2S/c1-13-8-16(12-24-11-13)22-7-6-21(30-22)14(2)25-23-17-9-19(28-4)20(29-5)10-18(17)26-15(3)27-23/h6-12,14H,1-5H3,(H,25,26,27). The molecule has 1 N–H and O–H groups in total. The summed E-state index contributed by atoms with van der Waals surface area (Å²) in [6.07, 6.45) is 3.77. The molecule has 0 aliphatic heterocycles. The second kappa shape index (κ2) is 8.28. The average Bonchev–Trinajstić information content (AvgIpc) is 3.23. The van der Waals surface area contributed by atoms with Gasteiger partial charge in [-0.15, -0.1) is 11.3 Å². The number of nitrogens with zero attached hydrogens (tertiary/aromatic N) is 3. The largest absolute Gasteiger partial charge is 0.493 e. The Hall–Kier alpha value is -3.19. The zero-order valence-corrected chi connectivity index (χ0v) is 18.5. The van der Waals surface area contributed by atoms with Gasteiger partial charge in [-0.1, -0.05) is 0 Å². The molecule has 0 fully saturated rings. The van der Waals surface area contributed by atoms with E-state index in [9.17, 15) is 0 Å². The van der Waals surface area contributed by atoms with Crippen molar-refractivity contribution in [2.45, 2.75) is 26.8 Å². The number of pyridine rings is 1. The molecule has 0 spiro atoms.